The maximum Gasteiger partial charge on any atom is 0.282 e. The maximum absolute atomic E-state index is 12.4. The number of rotatable bonds is 5. The number of nitrogens with one attached hydrogen (secondary N) is 1. The molecule has 0 aliphatic carbocycles. The fraction of sp³-hybridized carbons (Fsp3) is 0.133. The second-order valence-electron chi connectivity index (χ2n) is 4.89. The summed E-state index contributed by atoms with van der Waals surface area (Å²) in [4.78, 5) is 23.6. The van der Waals surface area contributed by atoms with Crippen LogP contribution in [0.15, 0.2) is 52.3 Å². The fourth-order valence-electron chi connectivity index (χ4n) is 1.99. The molecule has 2 rings (SSSR count). The third-order valence-corrected chi connectivity index (χ3v) is 5.00. The molecule has 0 aliphatic heterocycles. The summed E-state index contributed by atoms with van der Waals surface area (Å²) in [5, 5.41) is 13.6. The van der Waals surface area contributed by atoms with Crippen LogP contribution in [0, 0.1) is 10.1 Å². The van der Waals surface area contributed by atoms with Crippen molar-refractivity contribution < 1.29 is 18.1 Å². The number of benzene rings is 2. The third kappa shape index (κ3) is 4.12. The van der Waals surface area contributed by atoms with Crippen LogP contribution < -0.4 is 5.32 Å². The Morgan fingerprint density at radius 1 is 1.21 bits per heavy atom. The van der Waals surface area contributed by atoms with Gasteiger partial charge in [0.1, 0.15) is 5.56 Å². The van der Waals surface area contributed by atoms with Crippen LogP contribution in [0.4, 0.5) is 11.4 Å². The van der Waals surface area contributed by atoms with E-state index in [0.29, 0.717) is 4.90 Å². The average Bonchev–Trinajstić information content (AvgIpc) is 2.53. The summed E-state index contributed by atoms with van der Waals surface area (Å²) in [6.07, 6.45) is 2.85. The molecule has 1 N–H and O–H groups in total. The first-order valence-corrected chi connectivity index (χ1v) is 9.78. The van der Waals surface area contributed by atoms with Gasteiger partial charge >= 0.3 is 0 Å². The molecule has 1 amide bonds. The number of amides is 1. The summed E-state index contributed by atoms with van der Waals surface area (Å²) in [5.74, 6) is -0.678. The molecule has 0 aliphatic rings. The van der Waals surface area contributed by atoms with Crippen LogP contribution >= 0.6 is 11.8 Å². The first-order chi connectivity index (χ1) is 11.2. The normalized spacial score (nSPS) is 11.1. The summed E-state index contributed by atoms with van der Waals surface area (Å²) < 4.78 is 23.1. The van der Waals surface area contributed by atoms with Gasteiger partial charge in [0, 0.05) is 22.9 Å². The van der Waals surface area contributed by atoms with Gasteiger partial charge in [-0.25, -0.2) is 8.42 Å². The second kappa shape index (κ2) is 7.02. The molecule has 2 aromatic carbocycles. The summed E-state index contributed by atoms with van der Waals surface area (Å²) in [5.41, 5.74) is -0.159. The minimum atomic E-state index is -3.42. The van der Waals surface area contributed by atoms with Crippen LogP contribution in [-0.2, 0) is 9.84 Å². The number of thioether (sulfide) groups is 1. The molecule has 0 spiro atoms. The smallest absolute Gasteiger partial charge is 0.282 e. The van der Waals surface area contributed by atoms with E-state index in [9.17, 15) is 23.3 Å². The molecule has 0 aromatic heterocycles. The highest BCUT2D eigenvalue weighted by Gasteiger charge is 2.21. The van der Waals surface area contributed by atoms with Gasteiger partial charge in [-0.2, -0.15) is 0 Å². The number of hydrogen-bond acceptors (Lipinski definition) is 6. The highest BCUT2D eigenvalue weighted by molar-refractivity contribution is 7.98. The number of anilines is 1. The van der Waals surface area contributed by atoms with Gasteiger partial charge < -0.3 is 5.32 Å². The lowest BCUT2D eigenvalue weighted by molar-refractivity contribution is -0.385. The van der Waals surface area contributed by atoms with E-state index in [1.807, 2.05) is 0 Å². The van der Waals surface area contributed by atoms with Gasteiger partial charge in [0.2, 0.25) is 0 Å². The summed E-state index contributed by atoms with van der Waals surface area (Å²) in [7, 11) is -3.42. The van der Waals surface area contributed by atoms with E-state index in [-0.39, 0.29) is 21.8 Å². The lowest BCUT2D eigenvalue weighted by Gasteiger charge is -2.08. The zero-order chi connectivity index (χ0) is 17.9. The number of carbonyl (C=O) groups excluding carboxylic acids is 1. The van der Waals surface area contributed by atoms with Crippen molar-refractivity contribution in [2.75, 3.05) is 17.8 Å². The Balaban J connectivity index is 2.38. The first-order valence-electron chi connectivity index (χ1n) is 6.66. The van der Waals surface area contributed by atoms with Crippen LogP contribution in [0.2, 0.25) is 0 Å². The Labute approximate surface area is 143 Å². The van der Waals surface area contributed by atoms with Crippen molar-refractivity contribution in [1.29, 1.82) is 0 Å². The van der Waals surface area contributed by atoms with Gasteiger partial charge in [-0.05, 0) is 36.6 Å². The lowest BCUT2D eigenvalue weighted by Crippen LogP contribution is -2.14. The zero-order valence-electron chi connectivity index (χ0n) is 12.8. The maximum atomic E-state index is 12.4. The summed E-state index contributed by atoms with van der Waals surface area (Å²) in [6, 6.07) is 9.96. The molecule has 24 heavy (non-hydrogen) atoms. The van der Waals surface area contributed by atoms with Crippen molar-refractivity contribution in [3.05, 3.63) is 58.1 Å². The van der Waals surface area contributed by atoms with Crippen molar-refractivity contribution in [2.45, 2.75) is 9.79 Å². The van der Waals surface area contributed by atoms with E-state index in [0.717, 1.165) is 6.26 Å². The number of nitrogens with zero attached hydrogens (tertiary/aromatic N) is 1. The largest absolute Gasteiger partial charge is 0.322 e. The molecule has 0 fully saturated rings. The second-order valence-corrected chi connectivity index (χ2v) is 7.79. The Morgan fingerprint density at radius 2 is 1.92 bits per heavy atom. The van der Waals surface area contributed by atoms with E-state index < -0.39 is 20.7 Å². The first kappa shape index (κ1) is 18.0. The van der Waals surface area contributed by atoms with Gasteiger partial charge in [-0.15, -0.1) is 11.8 Å². The van der Waals surface area contributed by atoms with Crippen LogP contribution in [0.3, 0.4) is 0 Å². The zero-order valence-corrected chi connectivity index (χ0v) is 14.5. The van der Waals surface area contributed by atoms with E-state index in [1.165, 1.54) is 48.2 Å². The molecule has 0 heterocycles. The van der Waals surface area contributed by atoms with Crippen LogP contribution in [0.1, 0.15) is 10.4 Å². The molecule has 126 valence electrons. The number of sulfone groups is 1. The van der Waals surface area contributed by atoms with Crippen LogP contribution in [0.25, 0.3) is 0 Å². The van der Waals surface area contributed by atoms with Crippen molar-refractivity contribution in [2.24, 2.45) is 0 Å². The van der Waals surface area contributed by atoms with Gasteiger partial charge in [0.25, 0.3) is 11.6 Å². The minimum absolute atomic E-state index is 0.0488. The fourth-order valence-corrected chi connectivity index (χ4v) is 3.09. The number of hydrogen-bond donors (Lipinski definition) is 1. The van der Waals surface area contributed by atoms with Crippen molar-refractivity contribution >= 4 is 38.9 Å². The standard InChI is InChI=1S/C15H14N2O5S2/c1-23-11-6-7-14(17(19)20)13(9-11)15(18)16-10-4-3-5-12(8-10)24(2,21)22/h3-9H,1-2H3,(H,16,18). The lowest BCUT2D eigenvalue weighted by atomic mass is 10.1. The third-order valence-electron chi connectivity index (χ3n) is 3.17. The number of nitro groups is 1. The Kier molecular flexibility index (Phi) is 5.25. The van der Waals surface area contributed by atoms with Crippen LogP contribution in [-0.4, -0.2) is 31.8 Å². The van der Waals surface area contributed by atoms with E-state index in [2.05, 4.69) is 5.32 Å². The van der Waals surface area contributed by atoms with Gasteiger partial charge in [0.15, 0.2) is 9.84 Å². The molecular weight excluding hydrogens is 352 g/mol. The SMILES string of the molecule is CSc1ccc([N+](=O)[O-])c(C(=O)Nc2cccc(S(C)(=O)=O)c2)c1. The van der Waals surface area contributed by atoms with Gasteiger partial charge in [-0.1, -0.05) is 6.07 Å². The van der Waals surface area contributed by atoms with Crippen LogP contribution in [0.5, 0.6) is 0 Å². The predicted molar refractivity (Wildman–Crippen MR) is 92.4 cm³/mol. The predicted octanol–water partition coefficient (Wildman–Crippen LogP) is 2.97. The monoisotopic (exact) mass is 366 g/mol. The quantitative estimate of drug-likeness (QED) is 0.495. The Hall–Kier alpha value is -2.39. The molecule has 0 saturated heterocycles. The molecule has 0 radical (unpaired) electrons. The number of carbonyl (C=O) groups is 1. The van der Waals surface area contributed by atoms with Gasteiger partial charge in [0.05, 0.1) is 9.82 Å². The minimum Gasteiger partial charge on any atom is -0.322 e. The van der Waals surface area contributed by atoms with Gasteiger partial charge in [-0.3, -0.25) is 14.9 Å². The molecule has 0 saturated carbocycles. The van der Waals surface area contributed by atoms with E-state index >= 15 is 0 Å². The summed E-state index contributed by atoms with van der Waals surface area (Å²) >= 11 is 1.35. The van der Waals surface area contributed by atoms with Crippen molar-refractivity contribution in [3.63, 3.8) is 0 Å². The Morgan fingerprint density at radius 3 is 2.50 bits per heavy atom. The molecule has 7 nitrogen and oxygen atoms in total. The van der Waals surface area contributed by atoms with E-state index in [1.54, 1.807) is 12.3 Å². The summed E-state index contributed by atoms with van der Waals surface area (Å²) in [6.45, 7) is 0. The molecule has 2 aromatic rings. The average molecular weight is 366 g/mol. The molecule has 0 bridgehead atoms. The molecule has 0 atom stereocenters. The number of nitro benzene ring substituents is 1. The topological polar surface area (TPSA) is 106 Å². The molecule has 9 heteroatoms. The molecular formula is C15H14N2O5S2. The van der Waals surface area contributed by atoms with Crippen molar-refractivity contribution in [3.8, 4) is 0 Å². The highest BCUT2D eigenvalue weighted by Crippen LogP contribution is 2.26. The highest BCUT2D eigenvalue weighted by atomic mass is 32.2. The van der Waals surface area contributed by atoms with E-state index in [4.69, 9.17) is 0 Å². The Bertz CT molecular complexity index is 910. The molecule has 0 unspecified atom stereocenters. The van der Waals surface area contributed by atoms with Crippen molar-refractivity contribution in [1.82, 2.24) is 0 Å².